The topological polar surface area (TPSA) is 38.7 Å². The Morgan fingerprint density at radius 1 is 0.724 bits per heavy atom. The monoisotopic (exact) mass is 375 g/mol. The summed E-state index contributed by atoms with van der Waals surface area (Å²) >= 11 is 0. The van der Waals surface area contributed by atoms with Gasteiger partial charge in [0, 0.05) is 17.3 Å². The Bertz CT molecular complexity index is 1190. The van der Waals surface area contributed by atoms with Crippen LogP contribution in [0, 0.1) is 6.92 Å². The van der Waals surface area contributed by atoms with Gasteiger partial charge < -0.3 is 0 Å². The minimum atomic E-state index is 0.750. The summed E-state index contributed by atoms with van der Waals surface area (Å²) in [7, 11) is 0. The molecule has 4 aromatic rings. The SMILES string of the molecule is Cc1nc(-c2ccc3c(c2)C=CCC3)cc(-c2ccc(-c3ccccc3)cn2)n1. The zero-order valence-electron chi connectivity index (χ0n) is 16.3. The predicted molar refractivity (Wildman–Crippen MR) is 118 cm³/mol. The van der Waals surface area contributed by atoms with Crippen molar-refractivity contribution in [3.8, 4) is 33.8 Å². The molecule has 0 amide bonds. The molecular weight excluding hydrogens is 354 g/mol. The third-order valence-electron chi connectivity index (χ3n) is 5.29. The molecule has 0 saturated heterocycles. The molecule has 1 aliphatic rings. The zero-order chi connectivity index (χ0) is 19.6. The van der Waals surface area contributed by atoms with E-state index in [0.717, 1.165) is 52.4 Å². The van der Waals surface area contributed by atoms with Crippen molar-refractivity contribution in [3.05, 3.63) is 96.0 Å². The summed E-state index contributed by atoms with van der Waals surface area (Å²) in [6.45, 7) is 1.93. The van der Waals surface area contributed by atoms with E-state index in [2.05, 4.69) is 63.5 Å². The first kappa shape index (κ1) is 17.5. The molecular formula is C26H21N3. The van der Waals surface area contributed by atoms with Gasteiger partial charge in [-0.1, -0.05) is 60.7 Å². The number of allylic oxidation sites excluding steroid dienone is 1. The Kier molecular flexibility index (Phi) is 4.49. The van der Waals surface area contributed by atoms with Crippen molar-refractivity contribution in [2.75, 3.05) is 0 Å². The van der Waals surface area contributed by atoms with E-state index in [4.69, 9.17) is 0 Å². The summed E-state index contributed by atoms with van der Waals surface area (Å²) in [5.74, 6) is 0.750. The third-order valence-corrected chi connectivity index (χ3v) is 5.29. The first-order chi connectivity index (χ1) is 14.3. The van der Waals surface area contributed by atoms with Crippen molar-refractivity contribution in [2.24, 2.45) is 0 Å². The van der Waals surface area contributed by atoms with Crippen LogP contribution in [-0.2, 0) is 6.42 Å². The maximum Gasteiger partial charge on any atom is 0.126 e. The molecule has 0 radical (unpaired) electrons. The summed E-state index contributed by atoms with van der Waals surface area (Å²) in [6, 6.07) is 23.0. The number of pyridine rings is 1. The molecule has 29 heavy (non-hydrogen) atoms. The second-order valence-corrected chi connectivity index (χ2v) is 7.34. The Hall–Kier alpha value is -3.59. The molecule has 5 rings (SSSR count). The number of aryl methyl sites for hydroxylation is 2. The van der Waals surface area contributed by atoms with Crippen LogP contribution in [0.15, 0.2) is 79.0 Å². The lowest BCUT2D eigenvalue weighted by molar-refractivity contribution is 0.985. The van der Waals surface area contributed by atoms with E-state index >= 15 is 0 Å². The highest BCUT2D eigenvalue weighted by Gasteiger charge is 2.11. The van der Waals surface area contributed by atoms with Crippen molar-refractivity contribution in [1.29, 1.82) is 0 Å². The zero-order valence-corrected chi connectivity index (χ0v) is 16.3. The van der Waals surface area contributed by atoms with Crippen molar-refractivity contribution < 1.29 is 0 Å². The van der Waals surface area contributed by atoms with E-state index in [-0.39, 0.29) is 0 Å². The smallest absolute Gasteiger partial charge is 0.126 e. The standard InChI is InChI=1S/C26H21N3/c1-18-28-25(22-12-11-20-9-5-6-10-21(20)15-22)16-26(29-18)24-14-13-23(17-27-24)19-7-3-2-4-8-19/h2-4,6-8,10-17H,5,9H2,1H3. The number of benzene rings is 2. The summed E-state index contributed by atoms with van der Waals surface area (Å²) in [4.78, 5) is 14.0. The number of hydrogen-bond acceptors (Lipinski definition) is 3. The number of aromatic nitrogens is 3. The van der Waals surface area contributed by atoms with Crippen LogP contribution >= 0.6 is 0 Å². The fourth-order valence-corrected chi connectivity index (χ4v) is 3.78. The molecule has 2 aromatic heterocycles. The van der Waals surface area contributed by atoms with E-state index in [1.807, 2.05) is 43.5 Å². The van der Waals surface area contributed by atoms with Gasteiger partial charge in [0.1, 0.15) is 5.82 Å². The van der Waals surface area contributed by atoms with E-state index < -0.39 is 0 Å². The second kappa shape index (κ2) is 7.44. The Labute approximate surface area is 170 Å². The number of fused-ring (bicyclic) bond motifs is 1. The maximum atomic E-state index is 4.68. The summed E-state index contributed by atoms with van der Waals surface area (Å²) in [6.07, 6.45) is 8.58. The molecule has 1 aliphatic carbocycles. The molecule has 0 spiro atoms. The van der Waals surface area contributed by atoms with Crippen molar-refractivity contribution in [3.63, 3.8) is 0 Å². The van der Waals surface area contributed by atoms with Gasteiger partial charge in [0.2, 0.25) is 0 Å². The van der Waals surface area contributed by atoms with Gasteiger partial charge in [-0.2, -0.15) is 0 Å². The van der Waals surface area contributed by atoms with Gasteiger partial charge in [-0.3, -0.25) is 4.98 Å². The normalized spacial score (nSPS) is 12.6. The first-order valence-corrected chi connectivity index (χ1v) is 9.94. The van der Waals surface area contributed by atoms with Gasteiger partial charge in [-0.05, 0) is 54.7 Å². The van der Waals surface area contributed by atoms with Crippen molar-refractivity contribution in [1.82, 2.24) is 15.0 Å². The molecule has 2 heterocycles. The average Bonchev–Trinajstić information content (AvgIpc) is 2.79. The minimum Gasteiger partial charge on any atom is -0.254 e. The van der Waals surface area contributed by atoms with Crippen LogP contribution in [0.1, 0.15) is 23.4 Å². The number of rotatable bonds is 3. The van der Waals surface area contributed by atoms with Gasteiger partial charge in [0.15, 0.2) is 0 Å². The summed E-state index contributed by atoms with van der Waals surface area (Å²) < 4.78 is 0. The Balaban J connectivity index is 1.51. The quantitative estimate of drug-likeness (QED) is 0.432. The fraction of sp³-hybridized carbons (Fsp3) is 0.115. The van der Waals surface area contributed by atoms with E-state index in [9.17, 15) is 0 Å². The molecule has 2 aromatic carbocycles. The molecule has 3 nitrogen and oxygen atoms in total. The molecule has 0 unspecified atom stereocenters. The second-order valence-electron chi connectivity index (χ2n) is 7.34. The molecule has 0 N–H and O–H groups in total. The summed E-state index contributed by atoms with van der Waals surface area (Å²) in [5.41, 5.74) is 8.70. The van der Waals surface area contributed by atoms with Crippen LogP contribution in [0.4, 0.5) is 0 Å². The highest BCUT2D eigenvalue weighted by molar-refractivity contribution is 5.71. The minimum absolute atomic E-state index is 0.750. The van der Waals surface area contributed by atoms with Gasteiger partial charge >= 0.3 is 0 Å². The van der Waals surface area contributed by atoms with Gasteiger partial charge in [-0.15, -0.1) is 0 Å². The van der Waals surface area contributed by atoms with Crippen LogP contribution in [0.5, 0.6) is 0 Å². The van der Waals surface area contributed by atoms with Crippen LogP contribution in [0.3, 0.4) is 0 Å². The van der Waals surface area contributed by atoms with Crippen LogP contribution < -0.4 is 0 Å². The predicted octanol–water partition coefficient (Wildman–Crippen LogP) is 6.14. The number of nitrogens with zero attached hydrogens (tertiary/aromatic N) is 3. The lowest BCUT2D eigenvalue weighted by atomic mass is 9.94. The van der Waals surface area contributed by atoms with Crippen molar-refractivity contribution >= 4 is 6.08 Å². The highest BCUT2D eigenvalue weighted by atomic mass is 14.9. The van der Waals surface area contributed by atoms with Crippen LogP contribution in [-0.4, -0.2) is 15.0 Å². The lowest BCUT2D eigenvalue weighted by Gasteiger charge is -2.12. The van der Waals surface area contributed by atoms with Crippen LogP contribution in [0.2, 0.25) is 0 Å². The molecule has 0 atom stereocenters. The third kappa shape index (κ3) is 3.59. The van der Waals surface area contributed by atoms with Gasteiger partial charge in [-0.25, -0.2) is 9.97 Å². The Morgan fingerprint density at radius 3 is 2.38 bits per heavy atom. The fourth-order valence-electron chi connectivity index (χ4n) is 3.78. The molecule has 140 valence electrons. The Morgan fingerprint density at radius 2 is 1.55 bits per heavy atom. The van der Waals surface area contributed by atoms with E-state index in [1.54, 1.807) is 0 Å². The largest absolute Gasteiger partial charge is 0.254 e. The molecule has 0 aliphatic heterocycles. The first-order valence-electron chi connectivity index (χ1n) is 9.94. The van der Waals surface area contributed by atoms with E-state index in [1.165, 1.54) is 11.1 Å². The maximum absolute atomic E-state index is 4.68. The molecule has 0 fully saturated rings. The molecule has 0 bridgehead atoms. The van der Waals surface area contributed by atoms with Crippen molar-refractivity contribution in [2.45, 2.75) is 19.8 Å². The molecule has 0 saturated carbocycles. The highest BCUT2D eigenvalue weighted by Crippen LogP contribution is 2.28. The van der Waals surface area contributed by atoms with E-state index in [0.29, 0.717) is 0 Å². The number of hydrogen-bond donors (Lipinski definition) is 0. The van der Waals surface area contributed by atoms with Gasteiger partial charge in [0.25, 0.3) is 0 Å². The van der Waals surface area contributed by atoms with Crippen LogP contribution in [0.25, 0.3) is 39.8 Å². The summed E-state index contributed by atoms with van der Waals surface area (Å²) in [5, 5.41) is 0. The van der Waals surface area contributed by atoms with Gasteiger partial charge in [0.05, 0.1) is 17.1 Å². The lowest BCUT2D eigenvalue weighted by Crippen LogP contribution is -1.98. The average molecular weight is 375 g/mol. The molecule has 3 heteroatoms.